The largest absolute Gasteiger partial charge is 0.497 e. The van der Waals surface area contributed by atoms with Crippen molar-refractivity contribution in [2.45, 2.75) is 13.1 Å². The van der Waals surface area contributed by atoms with Crippen molar-refractivity contribution >= 4 is 22.0 Å². The number of hydrogen-bond acceptors (Lipinski definition) is 2. The number of urea groups is 1. The second-order valence-corrected chi connectivity index (χ2v) is 5.43. The van der Waals surface area contributed by atoms with Crippen LogP contribution in [-0.2, 0) is 13.1 Å². The normalized spacial score (nSPS) is 10.0. The highest BCUT2D eigenvalue weighted by atomic mass is 79.9. The van der Waals surface area contributed by atoms with Crippen LogP contribution in [0.4, 0.5) is 4.79 Å². The monoisotopic (exact) mass is 348 g/mol. The number of carbonyl (C=O) groups excluding carboxylic acids is 1. The predicted molar refractivity (Wildman–Crippen MR) is 86.2 cm³/mol. The summed E-state index contributed by atoms with van der Waals surface area (Å²) in [5.41, 5.74) is 2.08. The van der Waals surface area contributed by atoms with Gasteiger partial charge in [0.05, 0.1) is 7.11 Å². The maximum absolute atomic E-state index is 11.7. The van der Waals surface area contributed by atoms with Gasteiger partial charge in [-0.1, -0.05) is 40.2 Å². The van der Waals surface area contributed by atoms with Gasteiger partial charge in [0.25, 0.3) is 0 Å². The summed E-state index contributed by atoms with van der Waals surface area (Å²) >= 11 is 3.38. The van der Waals surface area contributed by atoms with E-state index in [-0.39, 0.29) is 6.03 Å². The highest BCUT2D eigenvalue weighted by Crippen LogP contribution is 2.11. The first kappa shape index (κ1) is 15.4. The molecule has 2 amide bonds. The summed E-state index contributed by atoms with van der Waals surface area (Å²) in [6, 6.07) is 15.2. The highest BCUT2D eigenvalue weighted by molar-refractivity contribution is 9.10. The Labute approximate surface area is 132 Å². The molecule has 2 aromatic carbocycles. The average molecular weight is 349 g/mol. The van der Waals surface area contributed by atoms with Gasteiger partial charge in [-0.25, -0.2) is 4.79 Å². The molecule has 0 saturated carbocycles. The van der Waals surface area contributed by atoms with Crippen molar-refractivity contribution in [2.24, 2.45) is 0 Å². The van der Waals surface area contributed by atoms with Crippen molar-refractivity contribution in [1.29, 1.82) is 0 Å². The molecular weight excluding hydrogens is 332 g/mol. The van der Waals surface area contributed by atoms with Crippen molar-refractivity contribution in [1.82, 2.24) is 10.6 Å². The van der Waals surface area contributed by atoms with E-state index in [4.69, 9.17) is 4.74 Å². The van der Waals surface area contributed by atoms with Crippen LogP contribution in [-0.4, -0.2) is 13.1 Å². The number of benzene rings is 2. The minimum absolute atomic E-state index is 0.186. The molecule has 0 aliphatic rings. The van der Waals surface area contributed by atoms with Gasteiger partial charge in [0.1, 0.15) is 5.75 Å². The number of rotatable bonds is 5. The molecule has 0 unspecified atom stereocenters. The van der Waals surface area contributed by atoms with Crippen molar-refractivity contribution < 1.29 is 9.53 Å². The topological polar surface area (TPSA) is 50.4 Å². The number of ether oxygens (including phenoxy) is 1. The van der Waals surface area contributed by atoms with E-state index >= 15 is 0 Å². The van der Waals surface area contributed by atoms with Crippen molar-refractivity contribution in [3.8, 4) is 5.75 Å². The molecule has 2 aromatic rings. The third-order valence-corrected chi connectivity index (χ3v) is 3.51. The van der Waals surface area contributed by atoms with E-state index in [0.717, 1.165) is 21.3 Å². The average Bonchev–Trinajstić information content (AvgIpc) is 2.53. The minimum Gasteiger partial charge on any atom is -0.497 e. The first-order valence-electron chi connectivity index (χ1n) is 6.56. The number of hydrogen-bond donors (Lipinski definition) is 2. The van der Waals surface area contributed by atoms with Crippen LogP contribution in [0.1, 0.15) is 11.1 Å². The summed E-state index contributed by atoms with van der Waals surface area (Å²) in [5.74, 6) is 0.804. The van der Waals surface area contributed by atoms with Gasteiger partial charge in [0.2, 0.25) is 0 Å². The molecular formula is C16H17BrN2O2. The van der Waals surface area contributed by atoms with Crippen LogP contribution in [0.15, 0.2) is 53.0 Å². The molecule has 0 spiro atoms. The summed E-state index contributed by atoms with van der Waals surface area (Å²) < 4.78 is 6.11. The van der Waals surface area contributed by atoms with E-state index in [1.165, 1.54) is 0 Å². The molecule has 4 nitrogen and oxygen atoms in total. The number of methoxy groups -OCH3 is 1. The Hall–Kier alpha value is -2.01. The second kappa shape index (κ2) is 7.69. The second-order valence-electron chi connectivity index (χ2n) is 4.51. The zero-order chi connectivity index (χ0) is 15.1. The molecule has 0 atom stereocenters. The molecule has 110 valence electrons. The fourth-order valence-corrected chi connectivity index (χ4v) is 2.04. The molecule has 2 N–H and O–H groups in total. The molecule has 0 heterocycles. The Balaban J connectivity index is 1.75. The lowest BCUT2D eigenvalue weighted by Crippen LogP contribution is -2.34. The Morgan fingerprint density at radius 2 is 1.43 bits per heavy atom. The number of nitrogens with one attached hydrogen (secondary N) is 2. The molecule has 2 rings (SSSR count). The smallest absolute Gasteiger partial charge is 0.315 e. The molecule has 0 aromatic heterocycles. The molecule has 0 aliphatic carbocycles. The molecule has 0 aliphatic heterocycles. The maximum Gasteiger partial charge on any atom is 0.315 e. The highest BCUT2D eigenvalue weighted by Gasteiger charge is 2.01. The van der Waals surface area contributed by atoms with Crippen LogP contribution < -0.4 is 15.4 Å². The van der Waals surface area contributed by atoms with Gasteiger partial charge < -0.3 is 15.4 Å². The predicted octanol–water partition coefficient (Wildman–Crippen LogP) is 3.46. The molecule has 0 bridgehead atoms. The summed E-state index contributed by atoms with van der Waals surface area (Å²) in [4.78, 5) is 11.7. The van der Waals surface area contributed by atoms with E-state index in [2.05, 4.69) is 26.6 Å². The van der Waals surface area contributed by atoms with E-state index in [1.54, 1.807) is 7.11 Å². The molecule has 0 fully saturated rings. The summed E-state index contributed by atoms with van der Waals surface area (Å²) in [7, 11) is 1.63. The number of halogens is 1. The van der Waals surface area contributed by atoms with Crippen LogP contribution in [0.25, 0.3) is 0 Å². The summed E-state index contributed by atoms with van der Waals surface area (Å²) in [6.07, 6.45) is 0. The van der Waals surface area contributed by atoms with Gasteiger partial charge in [0, 0.05) is 17.6 Å². The van der Waals surface area contributed by atoms with E-state index in [0.29, 0.717) is 13.1 Å². The first-order chi connectivity index (χ1) is 10.2. The third-order valence-electron chi connectivity index (χ3n) is 2.98. The Kier molecular flexibility index (Phi) is 5.63. The SMILES string of the molecule is COc1ccc(CNC(=O)NCc2ccc(Br)cc2)cc1. The lowest BCUT2D eigenvalue weighted by atomic mass is 10.2. The van der Waals surface area contributed by atoms with Gasteiger partial charge in [-0.05, 0) is 35.4 Å². The van der Waals surface area contributed by atoms with Crippen molar-refractivity contribution in [3.63, 3.8) is 0 Å². The van der Waals surface area contributed by atoms with Crippen molar-refractivity contribution in [2.75, 3.05) is 7.11 Å². The van der Waals surface area contributed by atoms with Crippen LogP contribution in [0.5, 0.6) is 5.75 Å². The van der Waals surface area contributed by atoms with Gasteiger partial charge in [-0.2, -0.15) is 0 Å². The molecule has 0 radical (unpaired) electrons. The molecule has 0 saturated heterocycles. The standard InChI is InChI=1S/C16H17BrN2O2/c1-21-15-8-4-13(5-9-15)11-19-16(20)18-10-12-2-6-14(17)7-3-12/h2-9H,10-11H2,1H3,(H2,18,19,20). The van der Waals surface area contributed by atoms with E-state index in [1.807, 2.05) is 48.5 Å². The van der Waals surface area contributed by atoms with Gasteiger partial charge >= 0.3 is 6.03 Å². The Morgan fingerprint density at radius 1 is 0.952 bits per heavy atom. The van der Waals surface area contributed by atoms with Gasteiger partial charge in [-0.15, -0.1) is 0 Å². The summed E-state index contributed by atoms with van der Waals surface area (Å²) in [6.45, 7) is 0.984. The Morgan fingerprint density at radius 3 is 1.90 bits per heavy atom. The Bertz CT molecular complexity index is 582. The van der Waals surface area contributed by atoms with Crippen LogP contribution >= 0.6 is 15.9 Å². The van der Waals surface area contributed by atoms with Crippen LogP contribution in [0, 0.1) is 0 Å². The first-order valence-corrected chi connectivity index (χ1v) is 7.36. The number of amides is 2. The maximum atomic E-state index is 11.7. The summed E-state index contributed by atoms with van der Waals surface area (Å²) in [5, 5.41) is 5.64. The van der Waals surface area contributed by atoms with Crippen LogP contribution in [0.3, 0.4) is 0 Å². The van der Waals surface area contributed by atoms with Gasteiger partial charge in [0.15, 0.2) is 0 Å². The van der Waals surface area contributed by atoms with Gasteiger partial charge in [-0.3, -0.25) is 0 Å². The molecule has 21 heavy (non-hydrogen) atoms. The zero-order valence-electron chi connectivity index (χ0n) is 11.7. The van der Waals surface area contributed by atoms with E-state index < -0.39 is 0 Å². The minimum atomic E-state index is -0.186. The fraction of sp³-hybridized carbons (Fsp3) is 0.188. The quantitative estimate of drug-likeness (QED) is 0.869. The number of carbonyl (C=O) groups is 1. The van der Waals surface area contributed by atoms with Crippen molar-refractivity contribution in [3.05, 3.63) is 64.1 Å². The lowest BCUT2D eigenvalue weighted by molar-refractivity contribution is 0.240. The third kappa shape index (κ3) is 5.11. The zero-order valence-corrected chi connectivity index (χ0v) is 13.3. The van der Waals surface area contributed by atoms with Crippen LogP contribution in [0.2, 0.25) is 0 Å². The lowest BCUT2D eigenvalue weighted by Gasteiger charge is -2.08. The molecule has 5 heteroatoms. The van der Waals surface area contributed by atoms with E-state index in [9.17, 15) is 4.79 Å². The fourth-order valence-electron chi connectivity index (χ4n) is 1.77.